The number of hydrogen-bond acceptors (Lipinski definition) is 5. The molecule has 27 heavy (non-hydrogen) atoms. The Morgan fingerprint density at radius 2 is 1.78 bits per heavy atom. The summed E-state index contributed by atoms with van der Waals surface area (Å²) in [4.78, 5) is 17.5. The molecule has 3 aliphatic rings. The second-order valence-electron chi connectivity index (χ2n) is 8.15. The highest BCUT2D eigenvalue weighted by Gasteiger charge is 2.45. The summed E-state index contributed by atoms with van der Waals surface area (Å²) in [6.45, 7) is 3.70. The Labute approximate surface area is 161 Å². The van der Waals surface area contributed by atoms with Crippen LogP contribution in [-0.2, 0) is 0 Å². The molecule has 6 nitrogen and oxygen atoms in total. The number of nitrogens with zero attached hydrogens (tertiary/aromatic N) is 2. The Morgan fingerprint density at radius 1 is 1.07 bits per heavy atom. The Hall–Kier alpha value is -1.79. The number of benzene rings is 1. The molecule has 0 unspecified atom stereocenters. The minimum Gasteiger partial charge on any atom is -0.497 e. The Morgan fingerprint density at radius 3 is 2.44 bits per heavy atom. The van der Waals surface area contributed by atoms with Crippen LogP contribution in [0.15, 0.2) is 18.2 Å². The summed E-state index contributed by atoms with van der Waals surface area (Å²) >= 11 is 0. The van der Waals surface area contributed by atoms with Gasteiger partial charge >= 0.3 is 0 Å². The number of aliphatic hydroxyl groups is 1. The molecule has 148 valence electrons. The fraction of sp³-hybridized carbons (Fsp3) is 0.667. The standard InChI is InChI=1S/C21H30N2O4/c1-26-16-5-6-17(20(11-16)27-2)21(25)23-12-14-9-18(22-7-3-4-8-22)19(24)10-15(14)13-23/h5-6,11,14-15,18-19,24H,3-4,7-10,12-13H2,1-2H3/t14-,15+,18-,19-/m1/s1. The van der Waals surface area contributed by atoms with E-state index in [0.29, 0.717) is 28.9 Å². The molecule has 0 bridgehead atoms. The van der Waals surface area contributed by atoms with E-state index in [0.717, 1.165) is 39.0 Å². The van der Waals surface area contributed by atoms with Gasteiger partial charge in [-0.15, -0.1) is 0 Å². The first kappa shape index (κ1) is 18.6. The van der Waals surface area contributed by atoms with Crippen molar-refractivity contribution in [1.29, 1.82) is 0 Å². The largest absolute Gasteiger partial charge is 0.497 e. The number of likely N-dealkylation sites (tertiary alicyclic amines) is 2. The summed E-state index contributed by atoms with van der Waals surface area (Å²) < 4.78 is 10.6. The van der Waals surface area contributed by atoms with Crippen molar-refractivity contribution in [2.75, 3.05) is 40.4 Å². The van der Waals surface area contributed by atoms with Crippen LogP contribution in [0.1, 0.15) is 36.0 Å². The SMILES string of the molecule is COc1ccc(C(=O)N2C[C@H]3C[C@@H](N4CCCC4)[C@H](O)C[C@H]3C2)c(OC)c1. The van der Waals surface area contributed by atoms with Gasteiger partial charge in [0.1, 0.15) is 11.5 Å². The fourth-order valence-corrected chi connectivity index (χ4v) is 5.18. The highest BCUT2D eigenvalue weighted by Crippen LogP contribution is 2.40. The zero-order valence-corrected chi connectivity index (χ0v) is 16.3. The van der Waals surface area contributed by atoms with Crippen molar-refractivity contribution >= 4 is 5.91 Å². The van der Waals surface area contributed by atoms with E-state index in [4.69, 9.17) is 9.47 Å². The number of methoxy groups -OCH3 is 2. The molecule has 3 fully saturated rings. The van der Waals surface area contributed by atoms with Gasteiger partial charge in [0.25, 0.3) is 5.91 Å². The lowest BCUT2D eigenvalue weighted by molar-refractivity contribution is -0.000865. The van der Waals surface area contributed by atoms with Gasteiger partial charge < -0.3 is 19.5 Å². The Kier molecular flexibility index (Phi) is 5.28. The van der Waals surface area contributed by atoms with E-state index >= 15 is 0 Å². The minimum absolute atomic E-state index is 0.0103. The average molecular weight is 374 g/mol. The number of carbonyl (C=O) groups is 1. The third kappa shape index (κ3) is 3.52. The van der Waals surface area contributed by atoms with Crippen LogP contribution in [0, 0.1) is 11.8 Å². The molecule has 2 saturated heterocycles. The van der Waals surface area contributed by atoms with E-state index in [1.165, 1.54) is 12.8 Å². The molecule has 1 aromatic carbocycles. The van der Waals surface area contributed by atoms with Crippen molar-refractivity contribution < 1.29 is 19.4 Å². The van der Waals surface area contributed by atoms with E-state index in [1.54, 1.807) is 32.4 Å². The molecule has 1 aliphatic carbocycles. The molecule has 2 aliphatic heterocycles. The Balaban J connectivity index is 1.47. The molecule has 4 atom stereocenters. The fourth-order valence-electron chi connectivity index (χ4n) is 5.18. The molecule has 4 rings (SSSR count). The third-order valence-corrected chi connectivity index (χ3v) is 6.65. The van der Waals surface area contributed by atoms with Crippen molar-refractivity contribution in [1.82, 2.24) is 9.80 Å². The molecule has 1 N–H and O–H groups in total. The predicted molar refractivity (Wildman–Crippen MR) is 102 cm³/mol. The van der Waals surface area contributed by atoms with Gasteiger partial charge in [-0.2, -0.15) is 0 Å². The zero-order chi connectivity index (χ0) is 19.0. The first-order valence-electron chi connectivity index (χ1n) is 10.0. The smallest absolute Gasteiger partial charge is 0.257 e. The van der Waals surface area contributed by atoms with Crippen molar-refractivity contribution in [2.45, 2.75) is 37.8 Å². The minimum atomic E-state index is -0.269. The highest BCUT2D eigenvalue weighted by atomic mass is 16.5. The summed E-state index contributed by atoms with van der Waals surface area (Å²) in [5.41, 5.74) is 0.577. The van der Waals surface area contributed by atoms with Crippen LogP contribution < -0.4 is 9.47 Å². The zero-order valence-electron chi connectivity index (χ0n) is 16.3. The van der Waals surface area contributed by atoms with Gasteiger partial charge in [0, 0.05) is 25.2 Å². The van der Waals surface area contributed by atoms with Crippen molar-refractivity contribution in [3.8, 4) is 11.5 Å². The summed E-state index contributed by atoms with van der Waals surface area (Å²) in [7, 11) is 3.18. The monoisotopic (exact) mass is 374 g/mol. The summed E-state index contributed by atoms with van der Waals surface area (Å²) in [5.74, 6) is 2.11. The highest BCUT2D eigenvalue weighted by molar-refractivity contribution is 5.97. The lowest BCUT2D eigenvalue weighted by atomic mass is 9.77. The first-order chi connectivity index (χ1) is 13.1. The van der Waals surface area contributed by atoms with E-state index < -0.39 is 0 Å². The van der Waals surface area contributed by atoms with Crippen LogP contribution in [0.5, 0.6) is 11.5 Å². The molecule has 1 amide bonds. The number of amides is 1. The van der Waals surface area contributed by atoms with Crippen molar-refractivity contribution in [3.63, 3.8) is 0 Å². The van der Waals surface area contributed by atoms with Crippen molar-refractivity contribution in [2.24, 2.45) is 11.8 Å². The van der Waals surface area contributed by atoms with Gasteiger partial charge in [-0.05, 0) is 62.7 Å². The topological polar surface area (TPSA) is 62.2 Å². The van der Waals surface area contributed by atoms with Crippen LogP contribution in [0.25, 0.3) is 0 Å². The number of aliphatic hydroxyl groups excluding tert-OH is 1. The van der Waals surface area contributed by atoms with E-state index in [1.807, 2.05) is 4.90 Å². The van der Waals surface area contributed by atoms with E-state index in [9.17, 15) is 9.90 Å². The maximum absolute atomic E-state index is 13.1. The van der Waals surface area contributed by atoms with Crippen LogP contribution in [0.4, 0.5) is 0 Å². The quantitative estimate of drug-likeness (QED) is 0.874. The lowest BCUT2D eigenvalue weighted by Gasteiger charge is -2.40. The summed E-state index contributed by atoms with van der Waals surface area (Å²) in [6.07, 6.45) is 4.00. The van der Waals surface area contributed by atoms with Gasteiger partial charge in [0.2, 0.25) is 0 Å². The maximum atomic E-state index is 13.1. The molecule has 2 heterocycles. The second kappa shape index (κ2) is 7.68. The number of fused-ring (bicyclic) bond motifs is 1. The van der Waals surface area contributed by atoms with Crippen LogP contribution in [-0.4, -0.2) is 73.4 Å². The Bertz CT molecular complexity index is 689. The molecule has 6 heteroatoms. The van der Waals surface area contributed by atoms with Gasteiger partial charge in [0.05, 0.1) is 25.9 Å². The average Bonchev–Trinajstić information content (AvgIpc) is 3.35. The summed E-state index contributed by atoms with van der Waals surface area (Å²) in [6, 6.07) is 5.60. The number of carbonyl (C=O) groups excluding carboxylic acids is 1. The molecular formula is C21H30N2O4. The van der Waals surface area contributed by atoms with Crippen LogP contribution in [0.2, 0.25) is 0 Å². The summed E-state index contributed by atoms with van der Waals surface area (Å²) in [5, 5.41) is 10.7. The molecular weight excluding hydrogens is 344 g/mol. The molecule has 1 saturated carbocycles. The molecule has 0 spiro atoms. The van der Waals surface area contributed by atoms with E-state index in [-0.39, 0.29) is 18.1 Å². The normalized spacial score (nSPS) is 31.0. The van der Waals surface area contributed by atoms with E-state index in [2.05, 4.69) is 4.90 Å². The van der Waals surface area contributed by atoms with Gasteiger partial charge in [-0.1, -0.05) is 0 Å². The first-order valence-corrected chi connectivity index (χ1v) is 10.0. The third-order valence-electron chi connectivity index (χ3n) is 6.65. The van der Waals surface area contributed by atoms with Gasteiger partial charge in [-0.3, -0.25) is 9.69 Å². The number of rotatable bonds is 4. The lowest BCUT2D eigenvalue weighted by Crippen LogP contribution is -2.48. The molecule has 1 aromatic rings. The second-order valence-corrected chi connectivity index (χ2v) is 8.15. The number of ether oxygens (including phenoxy) is 2. The van der Waals surface area contributed by atoms with Gasteiger partial charge in [-0.25, -0.2) is 0 Å². The maximum Gasteiger partial charge on any atom is 0.257 e. The van der Waals surface area contributed by atoms with Gasteiger partial charge in [0.15, 0.2) is 0 Å². The van der Waals surface area contributed by atoms with Crippen LogP contribution >= 0.6 is 0 Å². The predicted octanol–water partition coefficient (Wildman–Crippen LogP) is 2.01. The van der Waals surface area contributed by atoms with Crippen LogP contribution in [0.3, 0.4) is 0 Å². The van der Waals surface area contributed by atoms with Crippen molar-refractivity contribution in [3.05, 3.63) is 23.8 Å². The number of hydrogen-bond donors (Lipinski definition) is 1. The molecule has 0 radical (unpaired) electrons. The molecule has 0 aromatic heterocycles.